The van der Waals surface area contributed by atoms with Crippen LogP contribution in [0.3, 0.4) is 0 Å². The van der Waals surface area contributed by atoms with Gasteiger partial charge >= 0.3 is 0 Å². The molecule has 0 N–H and O–H groups in total. The molecule has 1 saturated heterocycles. The number of hydrogen-bond donors (Lipinski definition) is 0. The average Bonchev–Trinajstić information content (AvgIpc) is 2.99. The summed E-state index contributed by atoms with van der Waals surface area (Å²) >= 11 is 0. The van der Waals surface area contributed by atoms with Crippen LogP contribution in [0.5, 0.6) is 0 Å². The Bertz CT molecular complexity index is 888. The zero-order chi connectivity index (χ0) is 17.4. The molecule has 7 nitrogen and oxygen atoms in total. The SMILES string of the molecule is Cc1cnc([C@H]2CN(Cc3cnn4c(C)cc(C)nc34)CCO2)cn1. The topological polar surface area (TPSA) is 68.4 Å². The highest BCUT2D eigenvalue weighted by molar-refractivity contribution is 5.47. The monoisotopic (exact) mass is 338 g/mol. The Kier molecular flexibility index (Phi) is 4.19. The highest BCUT2D eigenvalue weighted by Crippen LogP contribution is 2.22. The third kappa shape index (κ3) is 3.25. The van der Waals surface area contributed by atoms with Crippen molar-refractivity contribution in [3.05, 3.63) is 53.0 Å². The maximum absolute atomic E-state index is 5.90. The molecule has 4 heterocycles. The third-order valence-corrected chi connectivity index (χ3v) is 4.53. The lowest BCUT2D eigenvalue weighted by atomic mass is 10.2. The second-order valence-electron chi connectivity index (χ2n) is 6.62. The molecule has 0 radical (unpaired) electrons. The molecule has 0 aromatic carbocycles. The molecule has 0 aliphatic carbocycles. The lowest BCUT2D eigenvalue weighted by Gasteiger charge is -2.32. The molecule has 3 aromatic heterocycles. The van der Waals surface area contributed by atoms with Crippen molar-refractivity contribution >= 4 is 5.65 Å². The van der Waals surface area contributed by atoms with Crippen molar-refractivity contribution in [3.63, 3.8) is 0 Å². The number of hydrogen-bond acceptors (Lipinski definition) is 6. The van der Waals surface area contributed by atoms with Gasteiger partial charge in [0.25, 0.3) is 0 Å². The van der Waals surface area contributed by atoms with E-state index >= 15 is 0 Å². The van der Waals surface area contributed by atoms with Gasteiger partial charge in [-0.3, -0.25) is 14.9 Å². The van der Waals surface area contributed by atoms with Crippen LogP contribution >= 0.6 is 0 Å². The van der Waals surface area contributed by atoms with Crippen LogP contribution in [0.25, 0.3) is 5.65 Å². The summed E-state index contributed by atoms with van der Waals surface area (Å²) < 4.78 is 7.81. The van der Waals surface area contributed by atoms with E-state index in [4.69, 9.17) is 4.74 Å². The molecule has 0 bridgehead atoms. The number of aryl methyl sites for hydroxylation is 3. The van der Waals surface area contributed by atoms with Gasteiger partial charge in [-0.05, 0) is 26.8 Å². The highest BCUT2D eigenvalue weighted by atomic mass is 16.5. The third-order valence-electron chi connectivity index (χ3n) is 4.53. The Hall–Kier alpha value is -2.38. The number of rotatable bonds is 3. The van der Waals surface area contributed by atoms with Crippen LogP contribution in [0.2, 0.25) is 0 Å². The summed E-state index contributed by atoms with van der Waals surface area (Å²) in [6, 6.07) is 2.05. The minimum Gasteiger partial charge on any atom is -0.369 e. The number of ether oxygens (including phenoxy) is 1. The summed E-state index contributed by atoms with van der Waals surface area (Å²) in [5.41, 5.74) is 6.00. The summed E-state index contributed by atoms with van der Waals surface area (Å²) in [6.07, 6.45) is 5.48. The van der Waals surface area contributed by atoms with Gasteiger partial charge in [0.05, 0.1) is 30.4 Å². The standard InChI is InChI=1S/C18H22N6O/c1-12-6-14(3)24-18(22-12)15(8-21-24)10-23-4-5-25-17(11-23)16-9-19-13(2)7-20-16/h6-9,17H,4-5,10-11H2,1-3H3/t17-/m1/s1. The van der Waals surface area contributed by atoms with Gasteiger partial charge in [0.15, 0.2) is 5.65 Å². The summed E-state index contributed by atoms with van der Waals surface area (Å²) in [5, 5.41) is 4.49. The fourth-order valence-corrected chi connectivity index (χ4v) is 3.26. The van der Waals surface area contributed by atoms with Gasteiger partial charge in [-0.2, -0.15) is 5.10 Å². The van der Waals surface area contributed by atoms with E-state index in [1.54, 1.807) is 6.20 Å². The van der Waals surface area contributed by atoms with Gasteiger partial charge in [-0.1, -0.05) is 0 Å². The zero-order valence-electron chi connectivity index (χ0n) is 14.8. The summed E-state index contributed by atoms with van der Waals surface area (Å²) in [7, 11) is 0. The Morgan fingerprint density at radius 3 is 2.80 bits per heavy atom. The number of morpholine rings is 1. The van der Waals surface area contributed by atoms with E-state index in [1.165, 1.54) is 0 Å². The fourth-order valence-electron chi connectivity index (χ4n) is 3.26. The smallest absolute Gasteiger partial charge is 0.159 e. The maximum atomic E-state index is 5.90. The van der Waals surface area contributed by atoms with Crippen molar-refractivity contribution in [2.75, 3.05) is 19.7 Å². The van der Waals surface area contributed by atoms with E-state index in [1.807, 2.05) is 36.8 Å². The van der Waals surface area contributed by atoms with E-state index in [9.17, 15) is 0 Å². The first-order chi connectivity index (χ1) is 12.1. The van der Waals surface area contributed by atoms with Gasteiger partial charge in [0.2, 0.25) is 0 Å². The zero-order valence-corrected chi connectivity index (χ0v) is 14.8. The molecule has 130 valence electrons. The van der Waals surface area contributed by atoms with Crippen molar-refractivity contribution in [1.29, 1.82) is 0 Å². The molecule has 0 spiro atoms. The van der Waals surface area contributed by atoms with Crippen LogP contribution < -0.4 is 0 Å². The minimum atomic E-state index is -0.0416. The molecule has 7 heteroatoms. The van der Waals surface area contributed by atoms with Crippen molar-refractivity contribution in [2.24, 2.45) is 0 Å². The van der Waals surface area contributed by atoms with Crippen molar-refractivity contribution < 1.29 is 4.74 Å². The second-order valence-corrected chi connectivity index (χ2v) is 6.62. The lowest BCUT2D eigenvalue weighted by Crippen LogP contribution is -2.38. The molecule has 25 heavy (non-hydrogen) atoms. The Balaban J connectivity index is 1.54. The molecule has 0 saturated carbocycles. The van der Waals surface area contributed by atoms with E-state index < -0.39 is 0 Å². The van der Waals surface area contributed by atoms with Crippen molar-refractivity contribution in [3.8, 4) is 0 Å². The normalized spacial score (nSPS) is 18.8. The van der Waals surface area contributed by atoms with Gasteiger partial charge in [0.1, 0.15) is 6.10 Å². The highest BCUT2D eigenvalue weighted by Gasteiger charge is 2.24. The van der Waals surface area contributed by atoms with Gasteiger partial charge in [-0.15, -0.1) is 0 Å². The first-order valence-corrected chi connectivity index (χ1v) is 8.53. The molecule has 4 rings (SSSR count). The molecule has 1 fully saturated rings. The van der Waals surface area contributed by atoms with Crippen LogP contribution in [-0.2, 0) is 11.3 Å². The maximum Gasteiger partial charge on any atom is 0.159 e. The number of nitrogens with zero attached hydrogens (tertiary/aromatic N) is 6. The first-order valence-electron chi connectivity index (χ1n) is 8.53. The molecule has 0 unspecified atom stereocenters. The van der Waals surface area contributed by atoms with E-state index in [0.717, 1.165) is 53.6 Å². The Morgan fingerprint density at radius 2 is 2.00 bits per heavy atom. The van der Waals surface area contributed by atoms with Crippen molar-refractivity contribution in [1.82, 2.24) is 29.5 Å². The Morgan fingerprint density at radius 1 is 1.12 bits per heavy atom. The summed E-state index contributed by atoms with van der Waals surface area (Å²) in [5.74, 6) is 0. The van der Waals surface area contributed by atoms with E-state index in [0.29, 0.717) is 6.61 Å². The fraction of sp³-hybridized carbons (Fsp3) is 0.444. The predicted octanol–water partition coefficient (Wildman–Crippen LogP) is 2.02. The first kappa shape index (κ1) is 16.1. The Labute approximate surface area is 146 Å². The second kappa shape index (κ2) is 6.50. The lowest BCUT2D eigenvalue weighted by molar-refractivity contribution is -0.0350. The van der Waals surface area contributed by atoms with E-state index in [2.05, 4.69) is 31.9 Å². The number of fused-ring (bicyclic) bond motifs is 1. The molecule has 3 aromatic rings. The molecular formula is C18H22N6O. The van der Waals surface area contributed by atoms with Crippen LogP contribution in [0, 0.1) is 20.8 Å². The van der Waals surface area contributed by atoms with Crippen LogP contribution in [0.4, 0.5) is 0 Å². The minimum absolute atomic E-state index is 0.0416. The molecule has 1 atom stereocenters. The van der Waals surface area contributed by atoms with Crippen LogP contribution in [-0.4, -0.2) is 49.2 Å². The summed E-state index contributed by atoms with van der Waals surface area (Å²) in [4.78, 5) is 15.8. The quantitative estimate of drug-likeness (QED) is 0.728. The van der Waals surface area contributed by atoms with Gasteiger partial charge in [0, 0.05) is 42.8 Å². The molecular weight excluding hydrogens is 316 g/mol. The van der Waals surface area contributed by atoms with Crippen LogP contribution in [0.1, 0.15) is 34.4 Å². The average molecular weight is 338 g/mol. The van der Waals surface area contributed by atoms with Gasteiger partial charge in [-0.25, -0.2) is 9.50 Å². The number of aromatic nitrogens is 5. The largest absolute Gasteiger partial charge is 0.369 e. The molecule has 0 amide bonds. The molecule has 1 aliphatic heterocycles. The molecule has 1 aliphatic rings. The van der Waals surface area contributed by atoms with E-state index in [-0.39, 0.29) is 6.10 Å². The summed E-state index contributed by atoms with van der Waals surface area (Å²) in [6.45, 7) is 9.18. The van der Waals surface area contributed by atoms with Crippen molar-refractivity contribution in [2.45, 2.75) is 33.4 Å². The van der Waals surface area contributed by atoms with Gasteiger partial charge < -0.3 is 4.74 Å². The van der Waals surface area contributed by atoms with Crippen LogP contribution in [0.15, 0.2) is 24.7 Å². The predicted molar refractivity (Wildman–Crippen MR) is 93.2 cm³/mol.